The SMILES string of the molecule is COC(=O)[C@H](CCCC[C@@H](OCc1ccc(OC)cc1)[C@H](C)O[Si](C(C)C)(C(C)C)C(C)C)NC(=O)OC(C)(C)C. The molecule has 1 rings (SSSR count). The van der Waals surface area contributed by atoms with E-state index in [2.05, 4.69) is 53.8 Å². The van der Waals surface area contributed by atoms with Crippen molar-refractivity contribution < 1.29 is 33.0 Å². The van der Waals surface area contributed by atoms with E-state index >= 15 is 0 Å². The number of benzene rings is 1. The predicted octanol–water partition coefficient (Wildman–Crippen LogP) is 7.79. The monoisotopic (exact) mass is 595 g/mol. The highest BCUT2D eigenvalue weighted by atomic mass is 28.4. The molecule has 0 fully saturated rings. The van der Waals surface area contributed by atoms with Crippen LogP contribution in [0.3, 0.4) is 0 Å². The summed E-state index contributed by atoms with van der Waals surface area (Å²) in [7, 11) is 0.861. The Hall–Kier alpha value is -2.10. The summed E-state index contributed by atoms with van der Waals surface area (Å²) in [5.41, 5.74) is 1.80. The normalized spacial score (nSPS) is 14.6. The molecule has 0 spiro atoms. The number of nitrogens with one attached hydrogen (secondary N) is 1. The molecule has 0 radical (unpaired) electrons. The van der Waals surface area contributed by atoms with Gasteiger partial charge in [0.25, 0.3) is 0 Å². The van der Waals surface area contributed by atoms with Gasteiger partial charge in [-0.25, -0.2) is 9.59 Å². The maximum absolute atomic E-state index is 12.4. The molecule has 3 atom stereocenters. The number of alkyl carbamates (subject to hydrolysis) is 1. The van der Waals surface area contributed by atoms with Crippen LogP contribution in [0.2, 0.25) is 16.6 Å². The highest BCUT2D eigenvalue weighted by molar-refractivity contribution is 6.77. The minimum absolute atomic E-state index is 0.0941. The molecule has 236 valence electrons. The van der Waals surface area contributed by atoms with Gasteiger partial charge in [0.2, 0.25) is 8.32 Å². The molecule has 41 heavy (non-hydrogen) atoms. The van der Waals surface area contributed by atoms with Gasteiger partial charge in [-0.15, -0.1) is 0 Å². The number of rotatable bonds is 17. The van der Waals surface area contributed by atoms with E-state index in [1.807, 2.05) is 24.3 Å². The molecule has 0 aliphatic heterocycles. The van der Waals surface area contributed by atoms with Crippen molar-refractivity contribution in [2.24, 2.45) is 0 Å². The third-order valence-corrected chi connectivity index (χ3v) is 13.8. The Labute approximate surface area is 250 Å². The van der Waals surface area contributed by atoms with E-state index < -0.39 is 32.0 Å². The predicted molar refractivity (Wildman–Crippen MR) is 167 cm³/mol. The first-order valence-electron chi connectivity index (χ1n) is 15.1. The summed E-state index contributed by atoms with van der Waals surface area (Å²) < 4.78 is 29.2. The highest BCUT2D eigenvalue weighted by Gasteiger charge is 2.47. The molecule has 1 aromatic carbocycles. The molecular weight excluding hydrogens is 538 g/mol. The lowest BCUT2D eigenvalue weighted by Gasteiger charge is -2.45. The number of hydrogen-bond donors (Lipinski definition) is 1. The van der Waals surface area contributed by atoms with Crippen molar-refractivity contribution in [2.45, 2.75) is 142 Å². The average molecular weight is 596 g/mol. The molecule has 1 N–H and O–H groups in total. The Morgan fingerprint density at radius 3 is 1.85 bits per heavy atom. The number of amides is 1. The number of carbonyl (C=O) groups excluding carboxylic acids is 2. The second-order valence-electron chi connectivity index (χ2n) is 12.8. The van der Waals surface area contributed by atoms with Crippen LogP contribution in [0.1, 0.15) is 100 Å². The van der Waals surface area contributed by atoms with Gasteiger partial charge >= 0.3 is 12.1 Å². The van der Waals surface area contributed by atoms with Crippen LogP contribution in [0.5, 0.6) is 5.75 Å². The molecule has 8 nitrogen and oxygen atoms in total. The molecule has 0 aliphatic carbocycles. The Bertz CT molecular complexity index is 890. The van der Waals surface area contributed by atoms with Gasteiger partial charge in [-0.3, -0.25) is 0 Å². The largest absolute Gasteiger partial charge is 0.497 e. The van der Waals surface area contributed by atoms with Crippen molar-refractivity contribution in [3.63, 3.8) is 0 Å². The summed E-state index contributed by atoms with van der Waals surface area (Å²) in [6.07, 6.45) is 1.84. The zero-order valence-electron chi connectivity index (χ0n) is 27.7. The number of esters is 1. The van der Waals surface area contributed by atoms with Gasteiger partial charge < -0.3 is 28.7 Å². The van der Waals surface area contributed by atoms with Gasteiger partial charge in [-0.1, -0.05) is 66.5 Å². The van der Waals surface area contributed by atoms with Gasteiger partial charge in [-0.2, -0.15) is 0 Å². The minimum Gasteiger partial charge on any atom is -0.497 e. The maximum Gasteiger partial charge on any atom is 0.408 e. The quantitative estimate of drug-likeness (QED) is 0.112. The van der Waals surface area contributed by atoms with Crippen LogP contribution >= 0.6 is 0 Å². The Kier molecular flexibility index (Phi) is 15.4. The van der Waals surface area contributed by atoms with Crippen molar-refractivity contribution in [1.29, 1.82) is 0 Å². The van der Waals surface area contributed by atoms with Crippen LogP contribution in [0.4, 0.5) is 4.79 Å². The van der Waals surface area contributed by atoms with Crippen LogP contribution in [0, 0.1) is 0 Å². The molecule has 1 amide bonds. The van der Waals surface area contributed by atoms with E-state index in [-0.39, 0.29) is 12.2 Å². The van der Waals surface area contributed by atoms with E-state index in [1.54, 1.807) is 27.9 Å². The zero-order chi connectivity index (χ0) is 31.4. The van der Waals surface area contributed by atoms with Crippen molar-refractivity contribution in [1.82, 2.24) is 5.32 Å². The smallest absolute Gasteiger partial charge is 0.408 e. The molecule has 9 heteroatoms. The van der Waals surface area contributed by atoms with Crippen molar-refractivity contribution >= 4 is 20.4 Å². The molecule has 0 aromatic heterocycles. The summed E-state index contributed by atoms with van der Waals surface area (Å²) in [6, 6.07) is 7.13. The number of methoxy groups -OCH3 is 2. The standard InChI is InChI=1S/C32H57NO7Si/c1-22(2)41(23(3)4,24(5)6)40-25(7)29(38-21-26-17-19-27(36-11)20-18-26)16-14-13-15-28(30(34)37-12)33-31(35)39-32(8,9)10/h17-20,22-25,28-29H,13-16,21H2,1-12H3,(H,33,35)/t25-,28-,29+/m0/s1. The third-order valence-electron chi connectivity index (χ3n) is 7.65. The topological polar surface area (TPSA) is 92.3 Å². The molecule has 0 aliphatic rings. The lowest BCUT2D eigenvalue weighted by atomic mass is 10.0. The minimum atomic E-state index is -2.12. The first kappa shape index (κ1) is 36.9. The van der Waals surface area contributed by atoms with Gasteiger partial charge in [0.05, 0.1) is 33.0 Å². The summed E-state index contributed by atoms with van der Waals surface area (Å²) >= 11 is 0. The lowest BCUT2D eigenvalue weighted by Crippen LogP contribution is -2.52. The Morgan fingerprint density at radius 2 is 1.39 bits per heavy atom. The van der Waals surface area contributed by atoms with Gasteiger partial charge in [0.1, 0.15) is 17.4 Å². The second-order valence-corrected chi connectivity index (χ2v) is 18.3. The van der Waals surface area contributed by atoms with Gasteiger partial charge in [0, 0.05) is 0 Å². The molecular formula is C32H57NO7Si. The molecule has 1 aromatic rings. The maximum atomic E-state index is 12.4. The van der Waals surface area contributed by atoms with Crippen LogP contribution in [-0.2, 0) is 30.0 Å². The van der Waals surface area contributed by atoms with Crippen molar-refractivity contribution in [2.75, 3.05) is 14.2 Å². The number of ether oxygens (including phenoxy) is 4. The number of hydrogen-bond acceptors (Lipinski definition) is 7. The zero-order valence-corrected chi connectivity index (χ0v) is 28.7. The molecule has 0 unspecified atom stereocenters. The fourth-order valence-electron chi connectivity index (χ4n) is 5.72. The van der Waals surface area contributed by atoms with Crippen molar-refractivity contribution in [3.05, 3.63) is 29.8 Å². The third kappa shape index (κ3) is 12.0. The van der Waals surface area contributed by atoms with E-state index in [9.17, 15) is 9.59 Å². The fraction of sp³-hybridized carbons (Fsp3) is 0.750. The summed E-state index contributed by atoms with van der Waals surface area (Å²) in [4.78, 5) is 24.7. The Morgan fingerprint density at radius 1 is 0.854 bits per heavy atom. The highest BCUT2D eigenvalue weighted by Crippen LogP contribution is 2.43. The van der Waals surface area contributed by atoms with Crippen LogP contribution in [0.25, 0.3) is 0 Å². The first-order valence-corrected chi connectivity index (χ1v) is 17.2. The van der Waals surface area contributed by atoms with Crippen LogP contribution in [-0.4, -0.2) is 58.5 Å². The summed E-state index contributed by atoms with van der Waals surface area (Å²) in [5, 5.41) is 2.66. The fourth-order valence-corrected chi connectivity index (χ4v) is 11.3. The van der Waals surface area contributed by atoms with Crippen LogP contribution < -0.4 is 10.1 Å². The Balaban J connectivity index is 3.00. The number of carbonyl (C=O) groups is 2. The molecule has 0 bridgehead atoms. The van der Waals surface area contributed by atoms with E-state index in [0.29, 0.717) is 36.1 Å². The lowest BCUT2D eigenvalue weighted by molar-refractivity contribution is -0.143. The second kappa shape index (κ2) is 17.1. The molecule has 0 saturated carbocycles. The summed E-state index contributed by atoms with van der Waals surface area (Å²) in [6.45, 7) is 21.7. The van der Waals surface area contributed by atoms with Gasteiger partial charge in [0.15, 0.2) is 0 Å². The van der Waals surface area contributed by atoms with Crippen LogP contribution in [0.15, 0.2) is 24.3 Å². The van der Waals surface area contributed by atoms with E-state index in [4.69, 9.17) is 23.4 Å². The first-order chi connectivity index (χ1) is 19.1. The van der Waals surface area contributed by atoms with Gasteiger partial charge in [-0.05, 0) is 74.9 Å². The van der Waals surface area contributed by atoms with Crippen molar-refractivity contribution in [3.8, 4) is 5.75 Å². The average Bonchev–Trinajstić information content (AvgIpc) is 2.88. The van der Waals surface area contributed by atoms with E-state index in [1.165, 1.54) is 7.11 Å². The van der Waals surface area contributed by atoms with E-state index in [0.717, 1.165) is 24.2 Å². The number of unbranched alkanes of at least 4 members (excludes halogenated alkanes) is 1. The summed E-state index contributed by atoms with van der Waals surface area (Å²) in [5.74, 6) is 0.324. The molecule has 0 saturated heterocycles. The molecule has 0 heterocycles.